The molecule has 0 aliphatic carbocycles. The lowest BCUT2D eigenvalue weighted by Crippen LogP contribution is -3.15. The average Bonchev–Trinajstić information content (AvgIpc) is 3.00. The zero-order valence-electron chi connectivity index (χ0n) is 16.8. The highest BCUT2D eigenvalue weighted by molar-refractivity contribution is 8.00. The highest BCUT2D eigenvalue weighted by Crippen LogP contribution is 2.39. The first-order valence-electron chi connectivity index (χ1n) is 9.81. The summed E-state index contributed by atoms with van der Waals surface area (Å²) >= 11 is 1.49. The van der Waals surface area contributed by atoms with Crippen molar-refractivity contribution < 1.29 is 18.9 Å². The molecule has 154 valence electrons. The van der Waals surface area contributed by atoms with Crippen LogP contribution in [-0.2, 0) is 4.79 Å². The number of rotatable bonds is 4. The highest BCUT2D eigenvalue weighted by atomic mass is 32.2. The Balaban J connectivity index is 1.51. The molecule has 2 N–H and O–H groups in total. The number of amides is 3. The Morgan fingerprint density at radius 1 is 1.29 bits per heavy atom. The lowest BCUT2D eigenvalue weighted by Gasteiger charge is -2.35. The van der Waals surface area contributed by atoms with E-state index in [1.54, 1.807) is 17.0 Å². The average molecular weight is 410 g/mol. The number of quaternary nitrogens is 1. The van der Waals surface area contributed by atoms with Crippen molar-refractivity contribution in [1.82, 2.24) is 15.1 Å². The number of thioether (sulfide) groups is 1. The molecule has 2 fully saturated rings. The summed E-state index contributed by atoms with van der Waals surface area (Å²) in [7, 11) is 0. The summed E-state index contributed by atoms with van der Waals surface area (Å²) in [5.74, 6) is 0.209. The number of piperazine rings is 1. The normalized spacial score (nSPS) is 21.3. The van der Waals surface area contributed by atoms with Gasteiger partial charge in [-0.2, -0.15) is 0 Å². The Hall–Kier alpha value is -1.80. The Morgan fingerprint density at radius 2 is 1.96 bits per heavy atom. The van der Waals surface area contributed by atoms with Crippen LogP contribution in [0.1, 0.15) is 31.7 Å². The molecule has 1 aromatic rings. The van der Waals surface area contributed by atoms with Gasteiger partial charge in [-0.1, -0.05) is 18.2 Å². The van der Waals surface area contributed by atoms with E-state index in [2.05, 4.69) is 5.32 Å². The zero-order chi connectivity index (χ0) is 20.3. The number of hydrogen-bond donors (Lipinski definition) is 2. The molecule has 8 heteroatoms. The maximum Gasteiger partial charge on any atom is 0.318 e. The molecule has 3 amide bonds. The molecule has 0 unspecified atom stereocenters. The number of carbonyl (C=O) groups is 2. The summed E-state index contributed by atoms with van der Waals surface area (Å²) in [6.45, 7) is 10.5. The molecule has 0 radical (unpaired) electrons. The Bertz CT molecular complexity index is 716. The van der Waals surface area contributed by atoms with E-state index < -0.39 is 0 Å². The molecule has 1 atom stereocenters. The number of urea groups is 1. The van der Waals surface area contributed by atoms with Crippen molar-refractivity contribution in [2.24, 2.45) is 0 Å². The van der Waals surface area contributed by atoms with Crippen LogP contribution < -0.4 is 10.2 Å². The van der Waals surface area contributed by atoms with Crippen LogP contribution in [0.25, 0.3) is 0 Å². The molecule has 28 heavy (non-hydrogen) atoms. The van der Waals surface area contributed by atoms with E-state index in [1.165, 1.54) is 22.7 Å². The van der Waals surface area contributed by atoms with Crippen LogP contribution in [0.2, 0.25) is 0 Å². The number of nitrogens with one attached hydrogen (secondary N) is 2. The van der Waals surface area contributed by atoms with E-state index in [9.17, 15) is 14.0 Å². The fraction of sp³-hybridized carbons (Fsp3) is 0.600. The zero-order valence-corrected chi connectivity index (χ0v) is 17.7. The minimum Gasteiger partial charge on any atom is -0.333 e. The van der Waals surface area contributed by atoms with Crippen LogP contribution in [0, 0.1) is 5.82 Å². The fourth-order valence-corrected chi connectivity index (χ4v) is 4.82. The summed E-state index contributed by atoms with van der Waals surface area (Å²) < 4.78 is 14.2. The maximum absolute atomic E-state index is 14.2. The first-order valence-corrected chi connectivity index (χ1v) is 10.9. The molecular weight excluding hydrogens is 379 g/mol. The molecule has 2 aliphatic heterocycles. The second-order valence-electron chi connectivity index (χ2n) is 8.44. The third-order valence-electron chi connectivity index (χ3n) is 5.09. The van der Waals surface area contributed by atoms with Gasteiger partial charge >= 0.3 is 6.03 Å². The van der Waals surface area contributed by atoms with Crippen LogP contribution in [-0.4, -0.2) is 72.3 Å². The first-order chi connectivity index (χ1) is 13.2. The van der Waals surface area contributed by atoms with Gasteiger partial charge in [-0.05, 0) is 26.8 Å². The first kappa shape index (κ1) is 20.9. The van der Waals surface area contributed by atoms with Crippen molar-refractivity contribution in [3.8, 4) is 0 Å². The van der Waals surface area contributed by atoms with E-state index in [-0.39, 0.29) is 28.7 Å². The second kappa shape index (κ2) is 8.69. The van der Waals surface area contributed by atoms with Gasteiger partial charge in [-0.25, -0.2) is 9.18 Å². The number of benzene rings is 1. The third kappa shape index (κ3) is 5.17. The molecule has 0 saturated carbocycles. The smallest absolute Gasteiger partial charge is 0.318 e. The van der Waals surface area contributed by atoms with Crippen LogP contribution in [0.3, 0.4) is 0 Å². The number of carbonyl (C=O) groups excluding carboxylic acids is 2. The van der Waals surface area contributed by atoms with Crippen molar-refractivity contribution in [2.75, 3.05) is 45.0 Å². The van der Waals surface area contributed by atoms with Crippen LogP contribution in [0.15, 0.2) is 24.3 Å². The van der Waals surface area contributed by atoms with Crippen molar-refractivity contribution in [2.45, 2.75) is 31.7 Å². The van der Waals surface area contributed by atoms with Gasteiger partial charge in [0.2, 0.25) is 5.91 Å². The number of hydrogen-bond acceptors (Lipinski definition) is 3. The van der Waals surface area contributed by atoms with Crippen molar-refractivity contribution in [3.63, 3.8) is 0 Å². The van der Waals surface area contributed by atoms with E-state index in [1.807, 2.05) is 31.7 Å². The third-order valence-corrected chi connectivity index (χ3v) is 6.32. The van der Waals surface area contributed by atoms with Gasteiger partial charge in [0, 0.05) is 11.1 Å². The molecule has 0 spiro atoms. The number of halogens is 1. The maximum atomic E-state index is 14.2. The lowest BCUT2D eigenvalue weighted by atomic mass is 10.1. The summed E-state index contributed by atoms with van der Waals surface area (Å²) in [6, 6.07) is 6.68. The molecule has 3 rings (SSSR count). The van der Waals surface area contributed by atoms with Gasteiger partial charge in [-0.15, -0.1) is 11.8 Å². The van der Waals surface area contributed by atoms with E-state index in [0.29, 0.717) is 31.0 Å². The van der Waals surface area contributed by atoms with Crippen LogP contribution in [0.4, 0.5) is 9.18 Å². The van der Waals surface area contributed by atoms with Crippen molar-refractivity contribution >= 4 is 23.7 Å². The quantitative estimate of drug-likeness (QED) is 0.783. The topological polar surface area (TPSA) is 57.1 Å². The summed E-state index contributed by atoms with van der Waals surface area (Å²) in [6.07, 6.45) is 0. The van der Waals surface area contributed by atoms with Gasteiger partial charge in [-0.3, -0.25) is 4.79 Å². The number of nitrogens with zero attached hydrogens (tertiary/aromatic N) is 2. The second-order valence-corrected chi connectivity index (χ2v) is 9.51. The summed E-state index contributed by atoms with van der Waals surface area (Å²) in [4.78, 5) is 29.6. The van der Waals surface area contributed by atoms with Gasteiger partial charge < -0.3 is 20.0 Å². The van der Waals surface area contributed by atoms with Crippen LogP contribution in [0.5, 0.6) is 0 Å². The Kier molecular flexibility index (Phi) is 6.50. The van der Waals surface area contributed by atoms with Gasteiger partial charge in [0.05, 0.1) is 45.0 Å². The van der Waals surface area contributed by atoms with Gasteiger partial charge in [0.15, 0.2) is 0 Å². The van der Waals surface area contributed by atoms with E-state index >= 15 is 0 Å². The lowest BCUT2D eigenvalue weighted by molar-refractivity contribution is -0.903. The monoisotopic (exact) mass is 409 g/mol. The minimum absolute atomic E-state index is 0.0164. The van der Waals surface area contributed by atoms with Crippen molar-refractivity contribution in [1.29, 1.82) is 0 Å². The highest BCUT2D eigenvalue weighted by Gasteiger charge is 2.35. The minimum atomic E-state index is -0.259. The van der Waals surface area contributed by atoms with Crippen LogP contribution >= 0.6 is 11.8 Å². The van der Waals surface area contributed by atoms with E-state index in [4.69, 9.17) is 0 Å². The summed E-state index contributed by atoms with van der Waals surface area (Å²) in [5, 5.41) is 2.76. The molecule has 0 aromatic heterocycles. The fourth-order valence-electron chi connectivity index (χ4n) is 3.58. The van der Waals surface area contributed by atoms with Gasteiger partial charge in [0.1, 0.15) is 11.2 Å². The van der Waals surface area contributed by atoms with E-state index in [0.717, 1.165) is 19.6 Å². The predicted octanol–water partition coefficient (Wildman–Crippen LogP) is 1.11. The molecule has 1 aromatic carbocycles. The summed E-state index contributed by atoms with van der Waals surface area (Å²) in [5.41, 5.74) is 0.341. The molecule has 2 heterocycles. The van der Waals surface area contributed by atoms with Gasteiger partial charge in [0.25, 0.3) is 0 Å². The molecular formula is C20H30FN4O2S+. The molecule has 2 aliphatic rings. The largest absolute Gasteiger partial charge is 0.333 e. The molecule has 6 nitrogen and oxygen atoms in total. The SMILES string of the molecule is CC(C)(C)NC(=O)N1CC[NH+](CCN2C(=O)CS[C@@H]2c2ccccc2F)CC1. The van der Waals surface area contributed by atoms with Crippen molar-refractivity contribution in [3.05, 3.63) is 35.6 Å². The predicted molar refractivity (Wildman–Crippen MR) is 109 cm³/mol. The Morgan fingerprint density at radius 3 is 2.61 bits per heavy atom. The molecule has 2 saturated heterocycles. The Labute approximate surface area is 170 Å². The molecule has 0 bridgehead atoms. The standard InChI is InChI=1S/C20H29FN4O2S/c1-20(2,3)22-19(27)24-11-8-23(9-12-24)10-13-25-17(26)14-28-18(25)15-6-4-5-7-16(15)21/h4-7,18H,8-14H2,1-3H3,(H,22,27)/p+1/t18-/m1/s1.